The molecule has 0 amide bonds. The number of nitrogens with one attached hydrogen (secondary N) is 2. The molecule has 0 saturated carbocycles. The predicted molar refractivity (Wildman–Crippen MR) is 115 cm³/mol. The summed E-state index contributed by atoms with van der Waals surface area (Å²) in [6.07, 6.45) is 3.78. The number of benzene rings is 1. The number of aliphatic imine (C=N–C) groups is 1. The van der Waals surface area contributed by atoms with Crippen LogP contribution in [0.25, 0.3) is 0 Å². The summed E-state index contributed by atoms with van der Waals surface area (Å²) in [4.78, 5) is 4.29. The molecule has 0 bridgehead atoms. The summed E-state index contributed by atoms with van der Waals surface area (Å²) in [7, 11) is 1.79. The lowest BCUT2D eigenvalue weighted by Crippen LogP contribution is -2.36. The van der Waals surface area contributed by atoms with Crippen molar-refractivity contribution in [1.29, 1.82) is 0 Å². The van der Waals surface area contributed by atoms with Crippen LogP contribution in [0.3, 0.4) is 0 Å². The van der Waals surface area contributed by atoms with Crippen LogP contribution in [0.4, 0.5) is 0 Å². The van der Waals surface area contributed by atoms with Gasteiger partial charge < -0.3 is 10.6 Å². The summed E-state index contributed by atoms with van der Waals surface area (Å²) < 4.78 is 1.93. The second kappa shape index (κ2) is 10.2. The molecule has 3 rings (SSSR count). The third-order valence-electron chi connectivity index (χ3n) is 3.72. The smallest absolute Gasteiger partial charge is 0.191 e. The Balaban J connectivity index is 0.00000225. The maximum absolute atomic E-state index is 4.29. The average molecular weight is 467 g/mol. The fourth-order valence-corrected chi connectivity index (χ4v) is 3.10. The molecule has 0 aliphatic heterocycles. The number of rotatable bonds is 6. The lowest BCUT2D eigenvalue weighted by molar-refractivity contribution is 0.677. The molecule has 2 heterocycles. The van der Waals surface area contributed by atoms with Crippen molar-refractivity contribution in [3.8, 4) is 0 Å². The van der Waals surface area contributed by atoms with Crippen LogP contribution in [0.15, 0.2) is 64.5 Å². The van der Waals surface area contributed by atoms with Gasteiger partial charge in [-0.1, -0.05) is 24.3 Å². The minimum absolute atomic E-state index is 0. The number of guanidine groups is 1. The number of hydrogen-bond acceptors (Lipinski definition) is 3. The molecule has 1 aromatic carbocycles. The van der Waals surface area contributed by atoms with E-state index < -0.39 is 0 Å². The third kappa shape index (κ3) is 5.86. The van der Waals surface area contributed by atoms with Crippen molar-refractivity contribution >= 4 is 41.3 Å². The van der Waals surface area contributed by atoms with Gasteiger partial charge in [-0.05, 0) is 39.6 Å². The first-order valence-electron chi connectivity index (χ1n) is 7.85. The van der Waals surface area contributed by atoms with Gasteiger partial charge in [0.1, 0.15) is 0 Å². The number of thiophene rings is 1. The molecule has 3 aromatic rings. The summed E-state index contributed by atoms with van der Waals surface area (Å²) in [6, 6.07) is 12.5. The number of hydrogen-bond donors (Lipinski definition) is 2. The monoisotopic (exact) mass is 467 g/mol. The maximum Gasteiger partial charge on any atom is 0.191 e. The van der Waals surface area contributed by atoms with Crippen LogP contribution in [0.5, 0.6) is 0 Å². The first-order valence-corrected chi connectivity index (χ1v) is 8.79. The summed E-state index contributed by atoms with van der Waals surface area (Å²) in [5, 5.41) is 15.2. The zero-order chi connectivity index (χ0) is 16.6. The first kappa shape index (κ1) is 19.5. The number of nitrogens with zero attached hydrogens (tertiary/aromatic N) is 3. The highest BCUT2D eigenvalue weighted by atomic mass is 127. The van der Waals surface area contributed by atoms with Crippen LogP contribution in [0, 0.1) is 0 Å². The van der Waals surface area contributed by atoms with Gasteiger partial charge in [-0.15, -0.1) is 24.0 Å². The summed E-state index contributed by atoms with van der Waals surface area (Å²) in [5.41, 5.74) is 3.76. The molecule has 5 nitrogen and oxygen atoms in total. The van der Waals surface area contributed by atoms with E-state index in [-0.39, 0.29) is 24.0 Å². The number of aromatic nitrogens is 2. The Morgan fingerprint density at radius 3 is 2.60 bits per heavy atom. The molecule has 2 N–H and O–H groups in total. The average Bonchev–Trinajstić information content (AvgIpc) is 3.30. The minimum atomic E-state index is 0. The normalized spacial score (nSPS) is 11.0. The predicted octanol–water partition coefficient (Wildman–Crippen LogP) is 3.48. The topological polar surface area (TPSA) is 54.2 Å². The Morgan fingerprint density at radius 2 is 1.92 bits per heavy atom. The second-order valence-electron chi connectivity index (χ2n) is 5.38. The van der Waals surface area contributed by atoms with E-state index in [1.54, 1.807) is 24.6 Å². The van der Waals surface area contributed by atoms with E-state index in [4.69, 9.17) is 0 Å². The Kier molecular flexibility index (Phi) is 7.93. The van der Waals surface area contributed by atoms with Crippen LogP contribution >= 0.6 is 35.3 Å². The van der Waals surface area contributed by atoms with E-state index in [9.17, 15) is 0 Å². The van der Waals surface area contributed by atoms with Crippen LogP contribution in [-0.2, 0) is 19.6 Å². The quantitative estimate of drug-likeness (QED) is 0.332. The Hall–Kier alpha value is -1.87. The van der Waals surface area contributed by atoms with Crippen LogP contribution in [-0.4, -0.2) is 22.8 Å². The molecular formula is C18H22IN5S. The van der Waals surface area contributed by atoms with E-state index in [0.29, 0.717) is 0 Å². The van der Waals surface area contributed by atoms with Crippen molar-refractivity contribution in [2.45, 2.75) is 19.6 Å². The molecule has 0 unspecified atom stereocenters. The molecule has 0 atom stereocenters. The highest BCUT2D eigenvalue weighted by molar-refractivity contribution is 14.0. The van der Waals surface area contributed by atoms with Gasteiger partial charge in [0, 0.05) is 32.5 Å². The standard InChI is InChI=1S/C18H21N5S.HI/c1-19-18(20-11-15-7-10-24-14-15)21-12-16-5-2-3-6-17(16)13-23-9-4-8-22-23;/h2-10,14H,11-13H2,1H3,(H2,19,20,21);1H. The van der Waals surface area contributed by atoms with E-state index >= 15 is 0 Å². The molecular weight excluding hydrogens is 445 g/mol. The van der Waals surface area contributed by atoms with Crippen molar-refractivity contribution in [2.24, 2.45) is 4.99 Å². The lowest BCUT2D eigenvalue weighted by atomic mass is 10.1. The van der Waals surface area contributed by atoms with E-state index in [1.165, 1.54) is 16.7 Å². The van der Waals surface area contributed by atoms with Crippen molar-refractivity contribution in [3.05, 3.63) is 76.2 Å². The van der Waals surface area contributed by atoms with Gasteiger partial charge in [0.2, 0.25) is 0 Å². The van der Waals surface area contributed by atoms with Gasteiger partial charge in [-0.2, -0.15) is 16.4 Å². The minimum Gasteiger partial charge on any atom is -0.352 e. The van der Waals surface area contributed by atoms with Gasteiger partial charge in [-0.25, -0.2) is 0 Å². The fourth-order valence-electron chi connectivity index (χ4n) is 2.43. The highest BCUT2D eigenvalue weighted by Crippen LogP contribution is 2.10. The van der Waals surface area contributed by atoms with Crippen molar-refractivity contribution in [2.75, 3.05) is 7.05 Å². The fraction of sp³-hybridized carbons (Fsp3) is 0.222. The molecule has 2 aromatic heterocycles. The molecule has 0 spiro atoms. The van der Waals surface area contributed by atoms with Gasteiger partial charge in [0.15, 0.2) is 5.96 Å². The van der Waals surface area contributed by atoms with Gasteiger partial charge in [-0.3, -0.25) is 9.67 Å². The van der Waals surface area contributed by atoms with Gasteiger partial charge in [0.05, 0.1) is 6.54 Å². The Morgan fingerprint density at radius 1 is 1.12 bits per heavy atom. The zero-order valence-electron chi connectivity index (χ0n) is 14.1. The van der Waals surface area contributed by atoms with Crippen LogP contribution in [0.2, 0.25) is 0 Å². The van der Waals surface area contributed by atoms with E-state index in [2.05, 4.69) is 61.8 Å². The molecule has 132 valence electrons. The van der Waals surface area contributed by atoms with Crippen LogP contribution in [0.1, 0.15) is 16.7 Å². The first-order chi connectivity index (χ1) is 11.8. The van der Waals surface area contributed by atoms with E-state index in [1.807, 2.05) is 16.9 Å². The molecule has 0 saturated heterocycles. The SMILES string of the molecule is CN=C(NCc1ccsc1)NCc1ccccc1Cn1cccn1.I. The molecule has 0 radical (unpaired) electrons. The molecule has 0 fully saturated rings. The summed E-state index contributed by atoms with van der Waals surface area (Å²) in [6.45, 7) is 2.27. The maximum atomic E-state index is 4.29. The Bertz CT molecular complexity index is 769. The second-order valence-corrected chi connectivity index (χ2v) is 6.16. The summed E-state index contributed by atoms with van der Waals surface area (Å²) in [5.74, 6) is 0.801. The largest absolute Gasteiger partial charge is 0.352 e. The Labute approximate surface area is 169 Å². The van der Waals surface area contributed by atoms with Crippen LogP contribution < -0.4 is 10.6 Å². The lowest BCUT2D eigenvalue weighted by Gasteiger charge is -2.14. The zero-order valence-corrected chi connectivity index (χ0v) is 17.2. The van der Waals surface area contributed by atoms with Gasteiger partial charge in [0.25, 0.3) is 0 Å². The van der Waals surface area contributed by atoms with E-state index in [0.717, 1.165) is 25.6 Å². The van der Waals surface area contributed by atoms with Crippen molar-refractivity contribution < 1.29 is 0 Å². The molecule has 0 aliphatic carbocycles. The van der Waals surface area contributed by atoms with Crippen molar-refractivity contribution in [3.63, 3.8) is 0 Å². The molecule has 25 heavy (non-hydrogen) atoms. The van der Waals surface area contributed by atoms with Crippen molar-refractivity contribution in [1.82, 2.24) is 20.4 Å². The van der Waals surface area contributed by atoms with Gasteiger partial charge >= 0.3 is 0 Å². The number of halogens is 1. The summed E-state index contributed by atoms with van der Waals surface area (Å²) >= 11 is 1.70. The third-order valence-corrected chi connectivity index (χ3v) is 4.45. The molecule has 0 aliphatic rings. The highest BCUT2D eigenvalue weighted by Gasteiger charge is 2.05. The molecule has 7 heteroatoms.